The second kappa shape index (κ2) is 11.4. The van der Waals surface area contributed by atoms with Crippen molar-refractivity contribution in [1.29, 1.82) is 0 Å². The maximum absolute atomic E-state index is 13.7. The average Bonchev–Trinajstić information content (AvgIpc) is 3.14. The fourth-order valence-corrected chi connectivity index (χ4v) is 5.46. The number of piperazine rings is 1. The van der Waals surface area contributed by atoms with Gasteiger partial charge < -0.3 is 19.3 Å². The highest BCUT2D eigenvalue weighted by molar-refractivity contribution is 8.26. The third-order valence-corrected chi connectivity index (χ3v) is 7.43. The van der Waals surface area contributed by atoms with Crippen LogP contribution in [0.25, 0.3) is 11.7 Å². The van der Waals surface area contributed by atoms with Crippen molar-refractivity contribution in [3.8, 4) is 0 Å². The van der Waals surface area contributed by atoms with Gasteiger partial charge in [0.25, 0.3) is 11.5 Å². The molecule has 2 saturated heterocycles. The van der Waals surface area contributed by atoms with Gasteiger partial charge in [-0.2, -0.15) is 0 Å². The zero-order valence-electron chi connectivity index (χ0n) is 20.6. The summed E-state index contributed by atoms with van der Waals surface area (Å²) in [7, 11) is 1.61. The summed E-state index contributed by atoms with van der Waals surface area (Å²) < 4.78 is 12.2. The molecule has 2 aromatic rings. The van der Waals surface area contributed by atoms with Crippen molar-refractivity contribution in [2.45, 2.75) is 20.3 Å². The number of thiocarbonyl (C=S) groups is 1. The molecule has 2 aliphatic rings. The predicted octanol–water partition coefficient (Wildman–Crippen LogP) is 2.52. The number of carbonyl (C=O) groups is 2. The molecule has 2 fully saturated rings. The first kappa shape index (κ1) is 26.1. The molecule has 36 heavy (non-hydrogen) atoms. The first-order chi connectivity index (χ1) is 17.3. The number of carbonyl (C=O) groups excluding carboxylic acids is 2. The fourth-order valence-electron chi connectivity index (χ4n) is 4.17. The summed E-state index contributed by atoms with van der Waals surface area (Å²) in [5.41, 5.74) is 1.46. The second-order valence-corrected chi connectivity index (χ2v) is 10.1. The molecule has 0 unspecified atom stereocenters. The Kier molecular flexibility index (Phi) is 8.27. The van der Waals surface area contributed by atoms with Crippen LogP contribution in [-0.4, -0.2) is 88.6 Å². The number of anilines is 1. The van der Waals surface area contributed by atoms with Crippen molar-refractivity contribution in [2.24, 2.45) is 0 Å². The number of hydrogen-bond acceptors (Lipinski definition) is 9. The van der Waals surface area contributed by atoms with Gasteiger partial charge in [-0.25, -0.2) is 9.78 Å². The molecule has 2 amide bonds. The molecule has 10 nitrogen and oxygen atoms in total. The normalized spacial score (nSPS) is 17.5. The smallest absolute Gasteiger partial charge is 0.409 e. The Morgan fingerprint density at radius 1 is 1.25 bits per heavy atom. The van der Waals surface area contributed by atoms with Crippen LogP contribution in [0, 0.1) is 6.92 Å². The van der Waals surface area contributed by atoms with Gasteiger partial charge in [-0.1, -0.05) is 30.0 Å². The van der Waals surface area contributed by atoms with Gasteiger partial charge in [0.1, 0.15) is 15.8 Å². The Bertz CT molecular complexity index is 1270. The Hall–Kier alpha value is -2.96. The molecule has 0 radical (unpaired) electrons. The number of hydrogen-bond donors (Lipinski definition) is 0. The van der Waals surface area contributed by atoms with E-state index in [4.69, 9.17) is 26.7 Å². The lowest BCUT2D eigenvalue weighted by Gasteiger charge is -2.35. The van der Waals surface area contributed by atoms with E-state index in [1.807, 2.05) is 17.9 Å². The number of methoxy groups -OCH3 is 1. The van der Waals surface area contributed by atoms with Crippen LogP contribution < -0.4 is 10.5 Å². The van der Waals surface area contributed by atoms with Gasteiger partial charge in [0.05, 0.1) is 17.1 Å². The first-order valence-corrected chi connectivity index (χ1v) is 13.0. The summed E-state index contributed by atoms with van der Waals surface area (Å²) in [6.07, 6.45) is 3.59. The number of amides is 2. The number of ether oxygens (including phenoxy) is 2. The minimum atomic E-state index is -0.350. The SMILES string of the molecule is CCOC(=O)N1CCN(c2nc3c(C)cccn3c(=O)c2/C=C2/SC(=S)N(CCCOC)C2=O)CC1. The zero-order valence-corrected chi connectivity index (χ0v) is 22.2. The Labute approximate surface area is 218 Å². The third-order valence-electron chi connectivity index (χ3n) is 6.05. The number of aryl methyl sites for hydroxylation is 1. The maximum atomic E-state index is 13.7. The highest BCUT2D eigenvalue weighted by Crippen LogP contribution is 2.33. The lowest BCUT2D eigenvalue weighted by Crippen LogP contribution is -2.49. The van der Waals surface area contributed by atoms with Gasteiger partial charge in [-0.3, -0.25) is 18.9 Å². The summed E-state index contributed by atoms with van der Waals surface area (Å²) in [5.74, 6) is 0.260. The van der Waals surface area contributed by atoms with Gasteiger partial charge in [0.2, 0.25) is 0 Å². The van der Waals surface area contributed by atoms with Crippen LogP contribution in [0.3, 0.4) is 0 Å². The number of thioether (sulfide) groups is 1. The molecule has 0 saturated carbocycles. The summed E-state index contributed by atoms with van der Waals surface area (Å²) in [6, 6.07) is 3.69. The van der Waals surface area contributed by atoms with Crippen molar-refractivity contribution in [1.82, 2.24) is 19.2 Å². The quantitative estimate of drug-likeness (QED) is 0.303. The van der Waals surface area contributed by atoms with Gasteiger partial charge in [-0.15, -0.1) is 0 Å². The highest BCUT2D eigenvalue weighted by atomic mass is 32.2. The lowest BCUT2D eigenvalue weighted by atomic mass is 10.2. The van der Waals surface area contributed by atoms with E-state index in [1.165, 1.54) is 16.2 Å². The number of rotatable bonds is 7. The summed E-state index contributed by atoms with van der Waals surface area (Å²) in [5, 5.41) is 0. The van der Waals surface area contributed by atoms with Crippen molar-refractivity contribution in [3.63, 3.8) is 0 Å². The van der Waals surface area contributed by atoms with Gasteiger partial charge in [-0.05, 0) is 38.0 Å². The molecule has 4 heterocycles. The molecule has 0 bridgehead atoms. The van der Waals surface area contributed by atoms with E-state index in [-0.39, 0.29) is 17.6 Å². The van der Waals surface area contributed by atoms with Crippen LogP contribution in [0.2, 0.25) is 0 Å². The van der Waals surface area contributed by atoms with Gasteiger partial charge in [0, 0.05) is 52.6 Å². The van der Waals surface area contributed by atoms with Crippen LogP contribution in [0.4, 0.5) is 10.6 Å². The molecule has 0 aliphatic carbocycles. The number of nitrogens with zero attached hydrogens (tertiary/aromatic N) is 5. The van der Waals surface area contributed by atoms with Crippen LogP contribution >= 0.6 is 24.0 Å². The van der Waals surface area contributed by atoms with Crippen LogP contribution in [0.15, 0.2) is 28.0 Å². The molecule has 0 N–H and O–H groups in total. The molecule has 12 heteroatoms. The largest absolute Gasteiger partial charge is 0.450 e. The average molecular weight is 532 g/mol. The van der Waals surface area contributed by atoms with E-state index in [2.05, 4.69) is 0 Å². The van der Waals surface area contributed by atoms with Crippen molar-refractivity contribution in [3.05, 3.63) is 44.7 Å². The van der Waals surface area contributed by atoms with Crippen molar-refractivity contribution < 1.29 is 19.1 Å². The Morgan fingerprint density at radius 3 is 2.69 bits per heavy atom. The summed E-state index contributed by atoms with van der Waals surface area (Å²) >= 11 is 6.61. The van der Waals surface area contributed by atoms with E-state index in [0.717, 1.165) is 5.56 Å². The number of pyridine rings is 1. The number of fused-ring (bicyclic) bond motifs is 1. The van der Waals surface area contributed by atoms with E-state index in [1.54, 1.807) is 42.2 Å². The minimum Gasteiger partial charge on any atom is -0.450 e. The summed E-state index contributed by atoms with van der Waals surface area (Å²) in [4.78, 5) is 49.3. The number of aromatic nitrogens is 2. The van der Waals surface area contributed by atoms with E-state index in [9.17, 15) is 14.4 Å². The Morgan fingerprint density at radius 2 is 2.00 bits per heavy atom. The maximum Gasteiger partial charge on any atom is 0.409 e. The molecule has 0 aromatic carbocycles. The lowest BCUT2D eigenvalue weighted by molar-refractivity contribution is -0.122. The van der Waals surface area contributed by atoms with E-state index < -0.39 is 0 Å². The van der Waals surface area contributed by atoms with Crippen LogP contribution in [0.5, 0.6) is 0 Å². The standard InChI is InChI=1S/C24H29N5O5S2/c1-4-34-23(32)27-12-10-26(11-13-27)20-17(21(30)28-8-5-7-16(2)19(28)25-20)15-18-22(31)29(24(35)36-18)9-6-14-33-3/h5,7-8,15H,4,6,9-14H2,1-3H3/b18-15+. The van der Waals surface area contributed by atoms with Crippen LogP contribution in [-0.2, 0) is 14.3 Å². The topological polar surface area (TPSA) is 96.7 Å². The molecule has 4 rings (SSSR count). The Balaban J connectivity index is 1.71. The third kappa shape index (κ3) is 5.25. The predicted molar refractivity (Wildman–Crippen MR) is 143 cm³/mol. The zero-order chi connectivity index (χ0) is 25.8. The molecule has 192 valence electrons. The van der Waals surface area contributed by atoms with Crippen molar-refractivity contribution >= 4 is 57.8 Å². The highest BCUT2D eigenvalue weighted by Gasteiger charge is 2.33. The molecule has 2 aliphatic heterocycles. The molecule has 2 aromatic heterocycles. The van der Waals surface area contributed by atoms with E-state index in [0.29, 0.717) is 78.6 Å². The fraction of sp³-hybridized carbons (Fsp3) is 0.458. The van der Waals surface area contributed by atoms with Gasteiger partial charge in [0.15, 0.2) is 0 Å². The van der Waals surface area contributed by atoms with Crippen molar-refractivity contribution in [2.75, 3.05) is 57.9 Å². The molecular weight excluding hydrogens is 502 g/mol. The molecule has 0 spiro atoms. The van der Waals surface area contributed by atoms with E-state index >= 15 is 0 Å². The monoisotopic (exact) mass is 531 g/mol. The summed E-state index contributed by atoms with van der Waals surface area (Å²) in [6.45, 7) is 6.79. The molecular formula is C24H29N5O5S2. The molecule has 0 atom stereocenters. The van der Waals surface area contributed by atoms with Crippen LogP contribution in [0.1, 0.15) is 24.5 Å². The van der Waals surface area contributed by atoms with Gasteiger partial charge >= 0.3 is 6.09 Å². The second-order valence-electron chi connectivity index (χ2n) is 8.39. The minimum absolute atomic E-state index is 0.229. The first-order valence-electron chi connectivity index (χ1n) is 11.8.